The quantitative estimate of drug-likeness (QED) is 0.895. The van der Waals surface area contributed by atoms with Crippen LogP contribution in [0.3, 0.4) is 0 Å². The number of hydrogen-bond donors (Lipinski definition) is 2. The molecule has 0 radical (unpaired) electrons. The van der Waals surface area contributed by atoms with Crippen LogP contribution in [0.15, 0.2) is 48.5 Å². The van der Waals surface area contributed by atoms with Gasteiger partial charge < -0.3 is 15.4 Å². The molecule has 2 aromatic carbocycles. The smallest absolute Gasteiger partial charge is 0.323 e. The predicted molar refractivity (Wildman–Crippen MR) is 86.0 cm³/mol. The summed E-state index contributed by atoms with van der Waals surface area (Å²) >= 11 is 0. The number of rotatable bonds is 4. The molecule has 0 atom stereocenters. The third-order valence-corrected chi connectivity index (χ3v) is 2.78. The van der Waals surface area contributed by atoms with Crippen molar-refractivity contribution in [2.24, 2.45) is 0 Å². The molecule has 0 spiro atoms. The first-order valence-electron chi connectivity index (χ1n) is 6.92. The number of nitrogens with one attached hydrogen (secondary N) is 2. The van der Waals surface area contributed by atoms with E-state index in [0.717, 1.165) is 5.75 Å². The lowest BCUT2D eigenvalue weighted by Crippen LogP contribution is -2.20. The standard InChI is InChI=1S/C17H17N3O2/c1-12(2)22-15-9-7-14(8-10-15)19-17(21)20-16-6-4-3-5-13(16)11-18/h3-10,12H,1-2H3,(H2,19,20,21). The molecule has 22 heavy (non-hydrogen) atoms. The summed E-state index contributed by atoms with van der Waals surface area (Å²) in [6, 6.07) is 15.6. The number of carbonyl (C=O) groups excluding carboxylic acids is 1. The second-order valence-corrected chi connectivity index (χ2v) is 4.93. The summed E-state index contributed by atoms with van der Waals surface area (Å²) in [5, 5.41) is 14.3. The van der Waals surface area contributed by atoms with Crippen LogP contribution in [0, 0.1) is 11.3 Å². The second kappa shape index (κ2) is 7.14. The van der Waals surface area contributed by atoms with E-state index >= 15 is 0 Å². The Bertz CT molecular complexity index is 688. The lowest BCUT2D eigenvalue weighted by molar-refractivity contribution is 0.242. The maximum Gasteiger partial charge on any atom is 0.323 e. The van der Waals surface area contributed by atoms with E-state index in [0.29, 0.717) is 16.9 Å². The Labute approximate surface area is 129 Å². The molecular weight excluding hydrogens is 278 g/mol. The Morgan fingerprint density at radius 3 is 2.41 bits per heavy atom. The SMILES string of the molecule is CC(C)Oc1ccc(NC(=O)Nc2ccccc2C#N)cc1. The fourth-order valence-corrected chi connectivity index (χ4v) is 1.86. The molecule has 112 valence electrons. The number of anilines is 2. The molecule has 0 fully saturated rings. The molecule has 2 aromatic rings. The van der Waals surface area contributed by atoms with Gasteiger partial charge in [0.1, 0.15) is 11.8 Å². The molecule has 0 bridgehead atoms. The summed E-state index contributed by atoms with van der Waals surface area (Å²) in [4.78, 5) is 11.9. The first-order valence-corrected chi connectivity index (χ1v) is 6.92. The fraction of sp³-hybridized carbons (Fsp3) is 0.176. The monoisotopic (exact) mass is 295 g/mol. The second-order valence-electron chi connectivity index (χ2n) is 4.93. The van der Waals surface area contributed by atoms with Crippen molar-refractivity contribution in [3.05, 3.63) is 54.1 Å². The van der Waals surface area contributed by atoms with E-state index < -0.39 is 6.03 Å². The molecule has 5 nitrogen and oxygen atoms in total. The predicted octanol–water partition coefficient (Wildman–Crippen LogP) is 3.99. The molecule has 0 heterocycles. The van der Waals surface area contributed by atoms with Crippen molar-refractivity contribution in [3.8, 4) is 11.8 Å². The van der Waals surface area contributed by atoms with Gasteiger partial charge in [0.15, 0.2) is 0 Å². The highest BCUT2D eigenvalue weighted by Crippen LogP contribution is 2.18. The average Bonchev–Trinajstić information content (AvgIpc) is 2.49. The normalized spacial score (nSPS) is 9.91. The molecule has 2 amide bonds. The topological polar surface area (TPSA) is 74.2 Å². The Hall–Kier alpha value is -3.00. The van der Waals surface area contributed by atoms with Gasteiger partial charge in [0.25, 0.3) is 0 Å². The van der Waals surface area contributed by atoms with Crippen molar-refractivity contribution in [1.82, 2.24) is 0 Å². The van der Waals surface area contributed by atoms with E-state index in [9.17, 15) is 4.79 Å². The summed E-state index contributed by atoms with van der Waals surface area (Å²) in [5.74, 6) is 0.746. The van der Waals surface area contributed by atoms with Crippen LogP contribution in [-0.4, -0.2) is 12.1 Å². The number of nitrogens with zero attached hydrogens (tertiary/aromatic N) is 1. The number of amides is 2. The van der Waals surface area contributed by atoms with Gasteiger partial charge in [0.05, 0.1) is 17.4 Å². The van der Waals surface area contributed by atoms with Crippen LogP contribution in [-0.2, 0) is 0 Å². The van der Waals surface area contributed by atoms with E-state index in [2.05, 4.69) is 10.6 Å². The number of nitriles is 1. The number of benzene rings is 2. The first-order chi connectivity index (χ1) is 10.6. The summed E-state index contributed by atoms with van der Waals surface area (Å²) in [6.07, 6.45) is 0.101. The van der Waals surface area contributed by atoms with Crippen molar-refractivity contribution in [3.63, 3.8) is 0 Å². The number of carbonyl (C=O) groups is 1. The number of ether oxygens (including phenoxy) is 1. The minimum absolute atomic E-state index is 0.101. The average molecular weight is 295 g/mol. The summed E-state index contributed by atoms with van der Waals surface area (Å²) in [7, 11) is 0. The number of urea groups is 1. The molecular formula is C17H17N3O2. The zero-order valence-electron chi connectivity index (χ0n) is 12.5. The van der Waals surface area contributed by atoms with Crippen molar-refractivity contribution in [1.29, 1.82) is 5.26 Å². The van der Waals surface area contributed by atoms with Gasteiger partial charge in [-0.25, -0.2) is 4.79 Å². The highest BCUT2D eigenvalue weighted by Gasteiger charge is 2.06. The van der Waals surface area contributed by atoms with Gasteiger partial charge >= 0.3 is 6.03 Å². The summed E-state index contributed by atoms with van der Waals surface area (Å²) in [6.45, 7) is 3.90. The first kappa shape index (κ1) is 15.4. The lowest BCUT2D eigenvalue weighted by Gasteiger charge is -2.11. The molecule has 0 aliphatic heterocycles. The molecule has 2 rings (SSSR count). The molecule has 0 unspecified atom stereocenters. The molecule has 0 aliphatic rings. The molecule has 0 aliphatic carbocycles. The van der Waals surface area contributed by atoms with Crippen molar-refractivity contribution in [2.45, 2.75) is 20.0 Å². The molecule has 5 heteroatoms. The van der Waals surface area contributed by atoms with Crippen LogP contribution in [0.25, 0.3) is 0 Å². The summed E-state index contributed by atoms with van der Waals surface area (Å²) in [5.41, 5.74) is 1.53. The van der Waals surface area contributed by atoms with Gasteiger partial charge in [-0.15, -0.1) is 0 Å². The molecule has 0 aromatic heterocycles. The third kappa shape index (κ3) is 4.25. The zero-order valence-corrected chi connectivity index (χ0v) is 12.5. The van der Waals surface area contributed by atoms with Crippen LogP contribution in [0.5, 0.6) is 5.75 Å². The highest BCUT2D eigenvalue weighted by atomic mass is 16.5. The van der Waals surface area contributed by atoms with Gasteiger partial charge in [-0.3, -0.25) is 0 Å². The Morgan fingerprint density at radius 2 is 1.77 bits per heavy atom. The lowest BCUT2D eigenvalue weighted by atomic mass is 10.2. The number of hydrogen-bond acceptors (Lipinski definition) is 3. The Balaban J connectivity index is 1.99. The third-order valence-electron chi connectivity index (χ3n) is 2.78. The van der Waals surface area contributed by atoms with Crippen LogP contribution >= 0.6 is 0 Å². The van der Waals surface area contributed by atoms with Crippen LogP contribution in [0.1, 0.15) is 19.4 Å². The van der Waals surface area contributed by atoms with Crippen LogP contribution in [0.4, 0.5) is 16.2 Å². The van der Waals surface area contributed by atoms with E-state index in [1.807, 2.05) is 19.9 Å². The summed E-state index contributed by atoms with van der Waals surface area (Å²) < 4.78 is 5.54. The van der Waals surface area contributed by atoms with E-state index in [1.54, 1.807) is 48.5 Å². The minimum atomic E-state index is -0.403. The largest absolute Gasteiger partial charge is 0.491 e. The Morgan fingerprint density at radius 1 is 1.09 bits per heavy atom. The fourth-order valence-electron chi connectivity index (χ4n) is 1.86. The Kier molecular flexibility index (Phi) is 4.99. The van der Waals surface area contributed by atoms with Gasteiger partial charge in [0, 0.05) is 5.69 Å². The van der Waals surface area contributed by atoms with Gasteiger partial charge in [-0.2, -0.15) is 5.26 Å². The highest BCUT2D eigenvalue weighted by molar-refractivity contribution is 6.00. The van der Waals surface area contributed by atoms with Gasteiger partial charge in [0.2, 0.25) is 0 Å². The van der Waals surface area contributed by atoms with Gasteiger partial charge in [-0.05, 0) is 50.2 Å². The maximum absolute atomic E-state index is 11.9. The number of para-hydroxylation sites is 1. The maximum atomic E-state index is 11.9. The van der Waals surface area contributed by atoms with Gasteiger partial charge in [-0.1, -0.05) is 12.1 Å². The molecule has 2 N–H and O–H groups in total. The zero-order chi connectivity index (χ0) is 15.9. The van der Waals surface area contributed by atoms with E-state index in [4.69, 9.17) is 10.00 Å². The minimum Gasteiger partial charge on any atom is -0.491 e. The molecule has 0 saturated heterocycles. The van der Waals surface area contributed by atoms with Crippen molar-refractivity contribution < 1.29 is 9.53 Å². The van der Waals surface area contributed by atoms with E-state index in [-0.39, 0.29) is 6.10 Å². The van der Waals surface area contributed by atoms with E-state index in [1.165, 1.54) is 0 Å². The van der Waals surface area contributed by atoms with Crippen LogP contribution in [0.2, 0.25) is 0 Å². The van der Waals surface area contributed by atoms with Crippen molar-refractivity contribution >= 4 is 17.4 Å². The van der Waals surface area contributed by atoms with Crippen LogP contribution < -0.4 is 15.4 Å². The molecule has 0 saturated carbocycles. The van der Waals surface area contributed by atoms with Crippen molar-refractivity contribution in [2.75, 3.05) is 10.6 Å².